The van der Waals surface area contributed by atoms with E-state index >= 15 is 35.1 Å². The van der Waals surface area contributed by atoms with Crippen molar-refractivity contribution in [3.05, 3.63) is 145 Å². The van der Waals surface area contributed by atoms with E-state index in [1.165, 1.54) is 0 Å². The van der Waals surface area contributed by atoms with Gasteiger partial charge < -0.3 is 0 Å². The van der Waals surface area contributed by atoms with Crippen LogP contribution >= 0.6 is 11.3 Å². The molecule has 304 valence electrons. The van der Waals surface area contributed by atoms with Crippen LogP contribution in [-0.4, -0.2) is 6.15 Å². The number of hydrogen-bond acceptors (Lipinski definition) is 3. The quantitative estimate of drug-likeness (QED) is 0.0452. The minimum Gasteiger partial charge on any atom is -0.207 e. The molecule has 0 aliphatic rings. The third kappa shape index (κ3) is 6.75. The monoisotopic (exact) mass is 869 g/mol. The Morgan fingerprint density at radius 2 is 0.672 bits per heavy atom. The van der Waals surface area contributed by atoms with E-state index in [1.807, 2.05) is 33.8 Å². The molecule has 3 nitrogen and oxygen atoms in total. The van der Waals surface area contributed by atoms with Gasteiger partial charge in [0.2, 0.25) is 5.51 Å². The lowest BCUT2D eigenvalue weighted by molar-refractivity contribution is -0.684. The van der Waals surface area contributed by atoms with Crippen LogP contribution in [0.25, 0.3) is 0 Å². The lowest BCUT2D eigenvalue weighted by Gasteiger charge is -2.44. The van der Waals surface area contributed by atoms with E-state index in [1.54, 1.807) is 18.3 Å². The highest BCUT2D eigenvalue weighted by atomic mass is 32.1. The van der Waals surface area contributed by atoms with Gasteiger partial charge in [-0.3, -0.25) is 0 Å². The lowest BCUT2D eigenvalue weighted by Crippen LogP contribution is -2.81. The first kappa shape index (κ1) is 44.6. The third-order valence-corrected chi connectivity index (χ3v) is 8.98. The molecule has 0 saturated carbocycles. The van der Waals surface area contributed by atoms with Crippen LogP contribution in [0.1, 0.15) is 6.92 Å². The molecule has 0 amide bonds. The minimum atomic E-state index is -7.22. The summed E-state index contributed by atoms with van der Waals surface area (Å²) in [6.45, 7) is 2.41. The van der Waals surface area contributed by atoms with Crippen molar-refractivity contribution in [1.82, 2.24) is 0 Å². The van der Waals surface area contributed by atoms with Gasteiger partial charge in [0.15, 0.2) is 82.5 Å². The molecule has 0 atom stereocenters. The Morgan fingerprint density at radius 1 is 0.448 bits per heavy atom. The zero-order chi connectivity index (χ0) is 44.0. The molecule has 0 fully saturated rings. The Labute approximate surface area is 312 Å². The highest BCUT2D eigenvalue weighted by Gasteiger charge is 2.52. The lowest BCUT2D eigenvalue weighted by atomic mass is 9.12. The van der Waals surface area contributed by atoms with E-state index in [2.05, 4.69) is 0 Å². The summed E-state index contributed by atoms with van der Waals surface area (Å²) in [5.74, 6) is -71.4. The zero-order valence-electron chi connectivity index (χ0n) is 27.3. The van der Waals surface area contributed by atoms with Crippen molar-refractivity contribution in [2.75, 3.05) is 0 Å². The predicted octanol–water partition coefficient (Wildman–Crippen LogP) is 7.25. The van der Waals surface area contributed by atoms with E-state index in [4.69, 9.17) is 10.5 Å². The van der Waals surface area contributed by atoms with Crippen LogP contribution < -0.4 is 26.4 Å². The summed E-state index contributed by atoms with van der Waals surface area (Å²) in [7, 11) is 0. The summed E-state index contributed by atoms with van der Waals surface area (Å²) in [4.78, 5) is 0. The fraction of sp³-hybridized carbons (Fsp3) is 0.0606. The molecule has 4 aromatic carbocycles. The smallest absolute Gasteiger partial charge is 0.207 e. The molecule has 0 aliphatic heterocycles. The molecule has 25 heteroatoms. The molecule has 0 bridgehead atoms. The Morgan fingerprint density at radius 3 is 0.862 bits per heavy atom. The molecule has 58 heavy (non-hydrogen) atoms. The predicted molar refractivity (Wildman–Crippen MR) is 158 cm³/mol. The van der Waals surface area contributed by atoms with Crippen LogP contribution in [0.5, 0.6) is 0 Å². The van der Waals surface area contributed by atoms with Crippen molar-refractivity contribution in [3.63, 3.8) is 0 Å². The number of benzene rings is 4. The molecule has 5 rings (SSSR count). The number of nitrogens with zero attached hydrogens (tertiary/aromatic N) is 3. The van der Waals surface area contributed by atoms with Gasteiger partial charge in [-0.25, -0.2) is 87.8 Å². The number of aromatic nitrogens is 1. The SMILES string of the molecule is CC(C[n+]1ccsc1)=C(C#N)C#N.Fc1c(F)c(F)c([B-](c2c(F)c(F)c(F)c(F)c2F)(c2c(F)c(F)c(F)c(F)c2F)c2c(F)c(F)c(F)c(F)c2F)c(F)c1F. The van der Waals surface area contributed by atoms with Gasteiger partial charge in [0.25, 0.3) is 0 Å². The molecule has 0 radical (unpaired) electrons. The summed E-state index contributed by atoms with van der Waals surface area (Å²) in [6.07, 6.45) is -5.30. The van der Waals surface area contributed by atoms with Gasteiger partial charge in [-0.05, 0) is 6.92 Å². The van der Waals surface area contributed by atoms with Gasteiger partial charge in [-0.15, -0.1) is 21.9 Å². The molecule has 0 unspecified atom stereocenters. The van der Waals surface area contributed by atoms with Gasteiger partial charge >= 0.3 is 0 Å². The van der Waals surface area contributed by atoms with Crippen molar-refractivity contribution in [2.24, 2.45) is 0 Å². The Hall–Kier alpha value is -6.11. The van der Waals surface area contributed by atoms with Crippen molar-refractivity contribution in [1.29, 1.82) is 10.5 Å². The molecular formula is C33H8BF20N3S. The third-order valence-electron chi connectivity index (χ3n) is 8.30. The van der Waals surface area contributed by atoms with Crippen LogP contribution in [0.15, 0.2) is 28.2 Å². The summed E-state index contributed by atoms with van der Waals surface area (Å²) < 4.78 is 296. The number of rotatable bonds is 6. The number of allylic oxidation sites excluding steroid dienone is 2. The Kier molecular flexibility index (Phi) is 12.6. The van der Waals surface area contributed by atoms with Crippen LogP contribution in [0, 0.1) is 139 Å². The van der Waals surface area contributed by atoms with Crippen LogP contribution in [0.2, 0.25) is 0 Å². The summed E-state index contributed by atoms with van der Waals surface area (Å²) in [5.41, 5.74) is -11.4. The average Bonchev–Trinajstić information content (AvgIpc) is 3.71. The first-order valence-electron chi connectivity index (χ1n) is 14.6. The topological polar surface area (TPSA) is 51.5 Å². The maximum absolute atomic E-state index is 15.4. The normalized spacial score (nSPS) is 11.2. The van der Waals surface area contributed by atoms with Crippen LogP contribution in [0.3, 0.4) is 0 Å². The fourth-order valence-electron chi connectivity index (χ4n) is 5.79. The number of nitriles is 2. The van der Waals surface area contributed by atoms with Crippen molar-refractivity contribution in [2.45, 2.75) is 13.5 Å². The van der Waals surface area contributed by atoms with Crippen molar-refractivity contribution in [3.8, 4) is 12.1 Å². The van der Waals surface area contributed by atoms with Gasteiger partial charge in [-0.2, -0.15) is 15.1 Å². The van der Waals surface area contributed by atoms with E-state index < -0.39 is 144 Å². The van der Waals surface area contributed by atoms with Crippen molar-refractivity contribution >= 4 is 39.3 Å². The molecule has 0 aliphatic carbocycles. The number of thiazole rings is 1. The largest absolute Gasteiger partial charge is 0.224 e. The van der Waals surface area contributed by atoms with Crippen LogP contribution in [0.4, 0.5) is 87.8 Å². The second-order valence-corrected chi connectivity index (χ2v) is 12.1. The molecule has 1 aromatic heterocycles. The van der Waals surface area contributed by atoms with Gasteiger partial charge in [0.05, 0.1) is 5.38 Å². The molecule has 0 spiro atoms. The molecule has 0 N–H and O–H groups in total. The second kappa shape index (κ2) is 16.4. The molecule has 0 saturated heterocycles. The Balaban J connectivity index is 0.000000486. The molecule has 1 heterocycles. The number of halogens is 20. The van der Waals surface area contributed by atoms with Gasteiger partial charge in [0.1, 0.15) is 70.4 Å². The van der Waals surface area contributed by atoms with Gasteiger partial charge in [0, 0.05) is 5.57 Å². The zero-order valence-corrected chi connectivity index (χ0v) is 28.1. The minimum absolute atomic E-state index is 0.207. The summed E-state index contributed by atoms with van der Waals surface area (Å²) >= 11 is 1.58. The molecular weight excluding hydrogens is 861 g/mol. The van der Waals surface area contributed by atoms with E-state index in [-0.39, 0.29) is 5.57 Å². The maximum Gasteiger partial charge on any atom is 0.224 e. The highest BCUT2D eigenvalue weighted by Crippen LogP contribution is 2.30. The standard InChI is InChI=1S/C24BF20.C9H8N3S/c26-5-1(6(27)14(35)21(42)13(5)34)25(2-7(28)15(36)22(43)16(37)8(2)29,3-9(30)17(38)23(44)18(39)10(3)31)4-11(32)19(40)24(45)20(41)12(4)33;1-8(9(4-10)5-11)6-12-2-3-13-7-12/h;2-3,7H,6H2,1H3/q-1;+1. The first-order chi connectivity index (χ1) is 27.0. The fourth-order valence-corrected chi connectivity index (χ4v) is 6.39. The van der Waals surface area contributed by atoms with E-state index in [9.17, 15) is 52.7 Å². The van der Waals surface area contributed by atoms with Crippen LogP contribution in [-0.2, 0) is 6.54 Å². The summed E-state index contributed by atoms with van der Waals surface area (Å²) in [6, 6.07) is 3.75. The van der Waals surface area contributed by atoms with Crippen molar-refractivity contribution < 1.29 is 92.4 Å². The highest BCUT2D eigenvalue weighted by molar-refractivity contribution is 7.20. The molecule has 5 aromatic rings. The second-order valence-electron chi connectivity index (χ2n) is 11.4. The average molecular weight is 869 g/mol. The first-order valence-corrected chi connectivity index (χ1v) is 15.6. The Bertz CT molecular complexity index is 2240. The van der Waals surface area contributed by atoms with E-state index in [0.717, 1.165) is 5.57 Å². The summed E-state index contributed by atoms with van der Waals surface area (Å²) in [5, 5.41) is 19.1. The van der Waals surface area contributed by atoms with E-state index in [0.29, 0.717) is 6.54 Å². The van der Waals surface area contributed by atoms with Gasteiger partial charge in [-0.1, -0.05) is 11.3 Å². The maximum atomic E-state index is 15.4. The number of hydrogen-bond donors (Lipinski definition) is 0.